The Balaban J connectivity index is 1.39. The Morgan fingerprint density at radius 3 is 2.44 bits per heavy atom. The Morgan fingerprint density at radius 2 is 1.72 bits per heavy atom. The fraction of sp³-hybridized carbons (Fsp3) is 0.296. The molecule has 1 aliphatic heterocycles. The second kappa shape index (κ2) is 8.44. The first kappa shape index (κ1) is 22.7. The molecule has 0 aliphatic carbocycles. The van der Waals surface area contributed by atoms with Gasteiger partial charge in [-0.15, -0.1) is 0 Å². The van der Waals surface area contributed by atoms with Crippen LogP contribution in [0.15, 0.2) is 60.9 Å². The van der Waals surface area contributed by atoms with Gasteiger partial charge in [0.15, 0.2) is 0 Å². The molecule has 0 spiro atoms. The summed E-state index contributed by atoms with van der Waals surface area (Å²) < 4.78 is 27.6. The van der Waals surface area contributed by atoms with Gasteiger partial charge >= 0.3 is 0 Å². The van der Waals surface area contributed by atoms with Gasteiger partial charge in [-0.25, -0.2) is 18.1 Å². The number of piperidine rings is 1. The van der Waals surface area contributed by atoms with Crippen molar-refractivity contribution < 1.29 is 8.42 Å². The van der Waals surface area contributed by atoms with E-state index < -0.39 is 9.84 Å². The zero-order chi connectivity index (χ0) is 25.0. The smallest absolute Gasteiger partial charge is 0.150 e. The standard InChI is InChI=1S/C27H28N6O2S/c1-18-6-4-8-22-26(21-7-5-9-24-23(21)17-31(2)29-24)30-33(27(18)22)19-10-11-25(28-16-19)32-14-12-20(13-15-32)36(3,34)35/h4-11,16-17,20H,12-15H2,1-3H3. The van der Waals surface area contributed by atoms with Gasteiger partial charge in [-0.2, -0.15) is 10.2 Å². The Morgan fingerprint density at radius 1 is 0.944 bits per heavy atom. The van der Waals surface area contributed by atoms with E-state index in [2.05, 4.69) is 41.2 Å². The molecule has 1 saturated heterocycles. The number of anilines is 1. The van der Waals surface area contributed by atoms with Gasteiger partial charge in [-0.3, -0.25) is 4.68 Å². The minimum Gasteiger partial charge on any atom is -0.357 e. The van der Waals surface area contributed by atoms with E-state index in [9.17, 15) is 8.42 Å². The second-order valence-electron chi connectivity index (χ2n) is 9.66. The molecule has 4 heterocycles. The van der Waals surface area contributed by atoms with Crippen LogP contribution in [-0.2, 0) is 16.9 Å². The van der Waals surface area contributed by atoms with Gasteiger partial charge in [-0.1, -0.05) is 30.3 Å². The largest absolute Gasteiger partial charge is 0.357 e. The van der Waals surface area contributed by atoms with Gasteiger partial charge in [0.1, 0.15) is 21.3 Å². The van der Waals surface area contributed by atoms with Crippen molar-refractivity contribution in [3.05, 3.63) is 66.5 Å². The molecule has 36 heavy (non-hydrogen) atoms. The molecule has 6 rings (SSSR count). The van der Waals surface area contributed by atoms with Crippen LogP contribution in [0, 0.1) is 6.92 Å². The molecule has 0 saturated carbocycles. The van der Waals surface area contributed by atoms with Gasteiger partial charge in [0.25, 0.3) is 0 Å². The van der Waals surface area contributed by atoms with Crippen LogP contribution >= 0.6 is 0 Å². The number of aromatic nitrogens is 5. The molecule has 9 heteroatoms. The summed E-state index contributed by atoms with van der Waals surface area (Å²) in [4.78, 5) is 6.90. The van der Waals surface area contributed by atoms with Gasteiger partial charge < -0.3 is 4.90 Å². The van der Waals surface area contributed by atoms with Gasteiger partial charge in [0.2, 0.25) is 0 Å². The molecule has 0 bridgehead atoms. The fourth-order valence-corrected chi connectivity index (χ4v) is 6.36. The molecule has 1 fully saturated rings. The minimum atomic E-state index is -3.00. The molecule has 184 valence electrons. The Labute approximate surface area is 210 Å². The summed E-state index contributed by atoms with van der Waals surface area (Å²) >= 11 is 0. The molecule has 0 atom stereocenters. The number of rotatable bonds is 4. The van der Waals surface area contributed by atoms with Crippen molar-refractivity contribution in [2.24, 2.45) is 7.05 Å². The third kappa shape index (κ3) is 3.83. The normalized spacial score (nSPS) is 15.2. The Bertz CT molecular complexity index is 1690. The van der Waals surface area contributed by atoms with Gasteiger partial charge in [-0.05, 0) is 43.5 Å². The maximum absolute atomic E-state index is 11.9. The number of benzene rings is 2. The van der Waals surface area contributed by atoms with E-state index in [0.29, 0.717) is 25.9 Å². The van der Waals surface area contributed by atoms with Crippen LogP contribution in [-0.4, -0.2) is 57.6 Å². The molecule has 0 N–H and O–H groups in total. The number of aryl methyl sites for hydroxylation is 2. The molecule has 8 nitrogen and oxygen atoms in total. The van der Waals surface area contributed by atoms with E-state index in [1.54, 1.807) is 0 Å². The van der Waals surface area contributed by atoms with Crippen molar-refractivity contribution in [1.82, 2.24) is 24.5 Å². The topological polar surface area (TPSA) is 85.9 Å². The summed E-state index contributed by atoms with van der Waals surface area (Å²) in [7, 11) is -1.06. The molecule has 2 aromatic carbocycles. The van der Waals surface area contributed by atoms with Crippen LogP contribution in [0.1, 0.15) is 18.4 Å². The quantitative estimate of drug-likeness (QED) is 0.366. The van der Waals surface area contributed by atoms with Crippen LogP contribution in [0.4, 0.5) is 5.82 Å². The molecule has 1 aliphatic rings. The van der Waals surface area contributed by atoms with Crippen molar-refractivity contribution in [2.75, 3.05) is 24.2 Å². The highest BCUT2D eigenvalue weighted by Crippen LogP contribution is 2.35. The van der Waals surface area contributed by atoms with Crippen LogP contribution in [0.5, 0.6) is 0 Å². The average Bonchev–Trinajstić information content (AvgIpc) is 3.44. The second-order valence-corrected chi connectivity index (χ2v) is 12.0. The Hall–Kier alpha value is -3.72. The number of para-hydroxylation sites is 1. The third-order valence-corrected chi connectivity index (χ3v) is 8.86. The van der Waals surface area contributed by atoms with Crippen molar-refractivity contribution in [2.45, 2.75) is 25.0 Å². The molecule has 0 unspecified atom stereocenters. The molecule has 5 aromatic rings. The minimum absolute atomic E-state index is 0.255. The maximum Gasteiger partial charge on any atom is 0.150 e. The SMILES string of the molecule is Cc1cccc2c(-c3cccc4nn(C)cc34)nn(-c3ccc(N4CCC(S(C)(=O)=O)CC4)nc3)c12. The summed E-state index contributed by atoms with van der Waals surface area (Å²) in [6.45, 7) is 3.48. The summed E-state index contributed by atoms with van der Waals surface area (Å²) in [6.07, 6.45) is 6.49. The lowest BCUT2D eigenvalue weighted by atomic mass is 10.0. The van der Waals surface area contributed by atoms with Crippen molar-refractivity contribution in [1.29, 1.82) is 0 Å². The summed E-state index contributed by atoms with van der Waals surface area (Å²) in [5.74, 6) is 0.860. The first-order valence-corrected chi connectivity index (χ1v) is 14.1. The fourth-order valence-electron chi connectivity index (χ4n) is 5.29. The molecular formula is C27H28N6O2S. The van der Waals surface area contributed by atoms with E-state index >= 15 is 0 Å². The number of nitrogens with zero attached hydrogens (tertiary/aromatic N) is 6. The van der Waals surface area contributed by atoms with E-state index in [1.807, 2.05) is 53.1 Å². The highest BCUT2D eigenvalue weighted by molar-refractivity contribution is 7.91. The lowest BCUT2D eigenvalue weighted by Gasteiger charge is -2.31. The number of fused-ring (bicyclic) bond motifs is 2. The van der Waals surface area contributed by atoms with Crippen LogP contribution < -0.4 is 4.90 Å². The number of hydrogen-bond acceptors (Lipinski definition) is 6. The first-order chi connectivity index (χ1) is 17.3. The molecule has 3 aromatic heterocycles. The van der Waals surface area contributed by atoms with Crippen LogP contribution in [0.25, 0.3) is 38.8 Å². The van der Waals surface area contributed by atoms with Gasteiger partial charge in [0, 0.05) is 48.9 Å². The van der Waals surface area contributed by atoms with E-state index in [4.69, 9.17) is 10.1 Å². The van der Waals surface area contributed by atoms with Crippen LogP contribution in [0.3, 0.4) is 0 Å². The van der Waals surface area contributed by atoms with Gasteiger partial charge in [0.05, 0.1) is 28.2 Å². The monoisotopic (exact) mass is 500 g/mol. The number of sulfone groups is 1. The summed E-state index contributed by atoms with van der Waals surface area (Å²) in [6, 6.07) is 16.5. The Kier molecular flexibility index (Phi) is 5.33. The molecular weight excluding hydrogens is 472 g/mol. The van der Waals surface area contributed by atoms with E-state index in [-0.39, 0.29) is 5.25 Å². The zero-order valence-corrected chi connectivity index (χ0v) is 21.4. The highest BCUT2D eigenvalue weighted by Gasteiger charge is 2.27. The summed E-state index contributed by atoms with van der Waals surface area (Å²) in [5, 5.41) is 11.6. The van der Waals surface area contributed by atoms with E-state index in [0.717, 1.165) is 50.1 Å². The molecule has 0 radical (unpaired) electrons. The zero-order valence-electron chi connectivity index (χ0n) is 20.6. The predicted octanol–water partition coefficient (Wildman–Crippen LogP) is 4.30. The van der Waals surface area contributed by atoms with Crippen molar-refractivity contribution in [3.8, 4) is 16.9 Å². The number of pyridine rings is 1. The first-order valence-electron chi connectivity index (χ1n) is 12.1. The summed E-state index contributed by atoms with van der Waals surface area (Å²) in [5.41, 5.74) is 5.98. The molecule has 0 amide bonds. The highest BCUT2D eigenvalue weighted by atomic mass is 32.2. The average molecular weight is 501 g/mol. The van der Waals surface area contributed by atoms with Crippen LogP contribution in [0.2, 0.25) is 0 Å². The number of hydrogen-bond donors (Lipinski definition) is 0. The predicted molar refractivity (Wildman–Crippen MR) is 143 cm³/mol. The van der Waals surface area contributed by atoms with Crippen molar-refractivity contribution >= 4 is 37.5 Å². The van der Waals surface area contributed by atoms with Crippen molar-refractivity contribution in [3.63, 3.8) is 0 Å². The lowest BCUT2D eigenvalue weighted by molar-refractivity contribution is 0.532. The maximum atomic E-state index is 11.9. The van der Waals surface area contributed by atoms with E-state index in [1.165, 1.54) is 6.26 Å². The third-order valence-electron chi connectivity index (χ3n) is 7.17. The lowest BCUT2D eigenvalue weighted by Crippen LogP contribution is -2.39.